The molecule has 1 aliphatic rings. The highest BCUT2D eigenvalue weighted by molar-refractivity contribution is 5.58. The van der Waals surface area contributed by atoms with Crippen molar-refractivity contribution in [3.05, 3.63) is 61.1 Å². The number of para-hydroxylation sites is 2. The number of pyridine rings is 1. The molecule has 0 spiro atoms. The van der Waals surface area contributed by atoms with E-state index < -0.39 is 0 Å². The van der Waals surface area contributed by atoms with Crippen LogP contribution in [0.3, 0.4) is 0 Å². The molecule has 1 aromatic carbocycles. The van der Waals surface area contributed by atoms with Crippen molar-refractivity contribution in [2.45, 2.75) is 12.5 Å². The normalized spacial score (nSPS) is 15.6. The predicted molar refractivity (Wildman–Crippen MR) is 94.7 cm³/mol. The third-order valence-corrected chi connectivity index (χ3v) is 3.93. The third-order valence-electron chi connectivity index (χ3n) is 3.93. The maximum atomic E-state index is 5.95. The SMILES string of the molecule is c1cncc(-c2ccnc(NCC[C@@H]3COc4ccccc4O3)n2)c1. The highest BCUT2D eigenvalue weighted by Crippen LogP contribution is 2.31. The molecule has 3 heterocycles. The zero-order chi connectivity index (χ0) is 16.9. The summed E-state index contributed by atoms with van der Waals surface area (Å²) < 4.78 is 11.7. The van der Waals surface area contributed by atoms with Crippen molar-refractivity contribution < 1.29 is 9.47 Å². The molecule has 1 N–H and O–H groups in total. The van der Waals surface area contributed by atoms with Crippen LogP contribution >= 0.6 is 0 Å². The number of nitrogens with zero attached hydrogens (tertiary/aromatic N) is 3. The molecule has 6 nitrogen and oxygen atoms in total. The summed E-state index contributed by atoms with van der Waals surface area (Å²) in [5.74, 6) is 2.20. The molecular weight excluding hydrogens is 316 g/mol. The van der Waals surface area contributed by atoms with Gasteiger partial charge in [0.15, 0.2) is 11.5 Å². The number of hydrogen-bond donors (Lipinski definition) is 1. The molecule has 6 heteroatoms. The van der Waals surface area contributed by atoms with E-state index in [1.165, 1.54) is 0 Å². The second-order valence-electron chi connectivity index (χ2n) is 5.72. The van der Waals surface area contributed by atoms with Gasteiger partial charge < -0.3 is 14.8 Å². The Balaban J connectivity index is 1.34. The van der Waals surface area contributed by atoms with E-state index in [2.05, 4.69) is 20.3 Å². The van der Waals surface area contributed by atoms with E-state index in [1.807, 2.05) is 42.5 Å². The Labute approximate surface area is 145 Å². The molecular formula is C19H18N4O2. The van der Waals surface area contributed by atoms with Crippen LogP contribution < -0.4 is 14.8 Å². The molecule has 4 rings (SSSR count). The minimum atomic E-state index is 0.0175. The first-order chi connectivity index (χ1) is 12.4. The van der Waals surface area contributed by atoms with Gasteiger partial charge >= 0.3 is 0 Å². The molecule has 3 aromatic rings. The van der Waals surface area contributed by atoms with Gasteiger partial charge in [-0.3, -0.25) is 4.98 Å². The van der Waals surface area contributed by atoms with Gasteiger partial charge in [0, 0.05) is 37.1 Å². The topological polar surface area (TPSA) is 69.2 Å². The Morgan fingerprint density at radius 1 is 1.04 bits per heavy atom. The fourth-order valence-corrected chi connectivity index (χ4v) is 2.67. The largest absolute Gasteiger partial charge is 0.486 e. The fraction of sp³-hybridized carbons (Fsp3) is 0.211. The van der Waals surface area contributed by atoms with Gasteiger partial charge in [-0.05, 0) is 30.3 Å². The van der Waals surface area contributed by atoms with E-state index in [9.17, 15) is 0 Å². The zero-order valence-electron chi connectivity index (χ0n) is 13.6. The van der Waals surface area contributed by atoms with Crippen LogP contribution in [0.4, 0.5) is 5.95 Å². The third kappa shape index (κ3) is 3.68. The number of nitrogens with one attached hydrogen (secondary N) is 1. The lowest BCUT2D eigenvalue weighted by Gasteiger charge is -2.26. The molecule has 0 fully saturated rings. The first kappa shape index (κ1) is 15.4. The molecule has 1 aliphatic heterocycles. The summed E-state index contributed by atoms with van der Waals surface area (Å²) in [6.07, 6.45) is 6.09. The summed E-state index contributed by atoms with van der Waals surface area (Å²) >= 11 is 0. The summed E-state index contributed by atoms with van der Waals surface area (Å²) in [7, 11) is 0. The van der Waals surface area contributed by atoms with Crippen molar-refractivity contribution in [3.63, 3.8) is 0 Å². The number of ether oxygens (including phenoxy) is 2. The van der Waals surface area contributed by atoms with Gasteiger partial charge in [0.25, 0.3) is 0 Å². The fourth-order valence-electron chi connectivity index (χ4n) is 2.67. The van der Waals surface area contributed by atoms with E-state index >= 15 is 0 Å². The minimum absolute atomic E-state index is 0.0175. The van der Waals surface area contributed by atoms with Crippen molar-refractivity contribution >= 4 is 5.95 Å². The van der Waals surface area contributed by atoms with E-state index in [0.717, 1.165) is 29.2 Å². The summed E-state index contributed by atoms with van der Waals surface area (Å²) in [6, 6.07) is 13.5. The number of benzene rings is 1. The van der Waals surface area contributed by atoms with Gasteiger partial charge in [-0.1, -0.05) is 12.1 Å². The first-order valence-electron chi connectivity index (χ1n) is 8.24. The van der Waals surface area contributed by atoms with Crippen molar-refractivity contribution in [3.8, 4) is 22.8 Å². The average Bonchev–Trinajstić information content (AvgIpc) is 2.69. The summed E-state index contributed by atoms with van der Waals surface area (Å²) in [6.45, 7) is 1.25. The molecule has 0 unspecified atom stereocenters. The molecule has 0 saturated carbocycles. The first-order valence-corrected chi connectivity index (χ1v) is 8.24. The lowest BCUT2D eigenvalue weighted by molar-refractivity contribution is 0.0873. The summed E-state index contributed by atoms with van der Waals surface area (Å²) in [5, 5.41) is 3.25. The monoisotopic (exact) mass is 334 g/mol. The van der Waals surface area contributed by atoms with Crippen LogP contribution in [0.15, 0.2) is 61.1 Å². The van der Waals surface area contributed by atoms with E-state index in [0.29, 0.717) is 19.1 Å². The Morgan fingerprint density at radius 2 is 1.96 bits per heavy atom. The smallest absolute Gasteiger partial charge is 0.223 e. The van der Waals surface area contributed by atoms with E-state index in [-0.39, 0.29) is 6.10 Å². The number of aromatic nitrogens is 3. The van der Waals surface area contributed by atoms with Crippen LogP contribution in [0, 0.1) is 0 Å². The van der Waals surface area contributed by atoms with Crippen LogP contribution in [-0.2, 0) is 0 Å². The number of fused-ring (bicyclic) bond motifs is 1. The number of rotatable bonds is 5. The maximum Gasteiger partial charge on any atom is 0.223 e. The Kier molecular flexibility index (Phi) is 4.41. The van der Waals surface area contributed by atoms with E-state index in [1.54, 1.807) is 18.6 Å². The molecule has 0 bridgehead atoms. The maximum absolute atomic E-state index is 5.95. The average molecular weight is 334 g/mol. The number of anilines is 1. The van der Waals surface area contributed by atoms with Crippen molar-refractivity contribution in [2.24, 2.45) is 0 Å². The molecule has 25 heavy (non-hydrogen) atoms. The summed E-state index contributed by atoms with van der Waals surface area (Å²) in [5.41, 5.74) is 1.81. The quantitative estimate of drug-likeness (QED) is 0.773. The highest BCUT2D eigenvalue weighted by Gasteiger charge is 2.20. The lowest BCUT2D eigenvalue weighted by Crippen LogP contribution is -2.31. The second kappa shape index (κ2) is 7.17. The molecule has 126 valence electrons. The van der Waals surface area contributed by atoms with Crippen molar-refractivity contribution in [1.29, 1.82) is 0 Å². The number of hydrogen-bond acceptors (Lipinski definition) is 6. The van der Waals surface area contributed by atoms with Crippen LogP contribution in [0.25, 0.3) is 11.3 Å². The van der Waals surface area contributed by atoms with Crippen molar-refractivity contribution in [1.82, 2.24) is 15.0 Å². The van der Waals surface area contributed by atoms with Crippen LogP contribution in [-0.4, -0.2) is 34.2 Å². The van der Waals surface area contributed by atoms with Gasteiger partial charge in [-0.15, -0.1) is 0 Å². The van der Waals surface area contributed by atoms with Crippen LogP contribution in [0.5, 0.6) is 11.5 Å². The van der Waals surface area contributed by atoms with Gasteiger partial charge in [-0.25, -0.2) is 9.97 Å². The molecule has 1 atom stereocenters. The second-order valence-corrected chi connectivity index (χ2v) is 5.72. The molecule has 0 amide bonds. The Hall–Kier alpha value is -3.15. The predicted octanol–water partition coefficient (Wildman–Crippen LogP) is 3.18. The van der Waals surface area contributed by atoms with Gasteiger partial charge in [0.2, 0.25) is 5.95 Å². The molecule has 2 aromatic heterocycles. The molecule has 0 saturated heterocycles. The highest BCUT2D eigenvalue weighted by atomic mass is 16.6. The minimum Gasteiger partial charge on any atom is -0.486 e. The molecule has 0 aliphatic carbocycles. The lowest BCUT2D eigenvalue weighted by atomic mass is 10.2. The Morgan fingerprint density at radius 3 is 2.84 bits per heavy atom. The van der Waals surface area contributed by atoms with Gasteiger partial charge in [0.05, 0.1) is 5.69 Å². The van der Waals surface area contributed by atoms with Gasteiger partial charge in [-0.2, -0.15) is 0 Å². The van der Waals surface area contributed by atoms with Crippen LogP contribution in [0.2, 0.25) is 0 Å². The standard InChI is InChI=1S/C19H18N4O2/c1-2-6-18-17(5-1)24-13-15(25-18)7-10-21-19-22-11-8-16(23-19)14-4-3-9-20-12-14/h1-6,8-9,11-12,15H,7,10,13H2,(H,21,22,23)/t15-/m1/s1. The Bertz CT molecular complexity index is 842. The van der Waals surface area contributed by atoms with Crippen LogP contribution in [0.1, 0.15) is 6.42 Å². The summed E-state index contributed by atoms with van der Waals surface area (Å²) in [4.78, 5) is 12.9. The van der Waals surface area contributed by atoms with Crippen molar-refractivity contribution in [2.75, 3.05) is 18.5 Å². The zero-order valence-corrected chi connectivity index (χ0v) is 13.6. The van der Waals surface area contributed by atoms with E-state index in [4.69, 9.17) is 9.47 Å². The van der Waals surface area contributed by atoms with Gasteiger partial charge in [0.1, 0.15) is 12.7 Å². The molecule has 0 radical (unpaired) electrons.